The summed E-state index contributed by atoms with van der Waals surface area (Å²) in [7, 11) is 0. The molecule has 0 aliphatic carbocycles. The molecule has 0 unspecified atom stereocenters. The Balaban J connectivity index is 1.68. The molecule has 3 aromatic rings. The Kier molecular flexibility index (Phi) is 4.57. The van der Waals surface area contributed by atoms with Gasteiger partial charge < -0.3 is 5.11 Å². The summed E-state index contributed by atoms with van der Waals surface area (Å²) in [5.41, 5.74) is 4.99. The van der Waals surface area contributed by atoms with E-state index in [0.717, 1.165) is 21.9 Å². The molecule has 0 atom stereocenters. The van der Waals surface area contributed by atoms with Gasteiger partial charge in [-0.2, -0.15) is 5.10 Å². The van der Waals surface area contributed by atoms with Gasteiger partial charge in [0, 0.05) is 5.56 Å². The minimum absolute atomic E-state index is 0.141. The minimum Gasteiger partial charge on any atom is -0.507 e. The first-order valence-electron chi connectivity index (χ1n) is 7.71. The van der Waals surface area contributed by atoms with Gasteiger partial charge in [0.25, 0.3) is 0 Å². The van der Waals surface area contributed by atoms with Crippen molar-refractivity contribution in [3.05, 3.63) is 77.4 Å². The van der Waals surface area contributed by atoms with Crippen LogP contribution in [0.15, 0.2) is 65.8 Å². The number of phenols is 1. The lowest BCUT2D eigenvalue weighted by Crippen LogP contribution is -2.19. The van der Waals surface area contributed by atoms with Crippen LogP contribution in [-0.4, -0.2) is 17.2 Å². The van der Waals surface area contributed by atoms with E-state index in [2.05, 4.69) is 10.5 Å². The number of benzene rings is 3. The van der Waals surface area contributed by atoms with Crippen LogP contribution in [0, 0.1) is 6.92 Å². The van der Waals surface area contributed by atoms with E-state index in [9.17, 15) is 9.90 Å². The van der Waals surface area contributed by atoms with Crippen molar-refractivity contribution >= 4 is 22.9 Å². The smallest absolute Gasteiger partial charge is 0.244 e. The highest BCUT2D eigenvalue weighted by Crippen LogP contribution is 2.19. The van der Waals surface area contributed by atoms with E-state index < -0.39 is 0 Å². The third-order valence-corrected chi connectivity index (χ3v) is 3.81. The molecular weight excluding hydrogens is 300 g/mol. The van der Waals surface area contributed by atoms with Gasteiger partial charge in [-0.3, -0.25) is 4.79 Å². The lowest BCUT2D eigenvalue weighted by molar-refractivity contribution is -0.120. The number of carbonyl (C=O) groups is 1. The van der Waals surface area contributed by atoms with Gasteiger partial charge in [-0.1, -0.05) is 48.5 Å². The topological polar surface area (TPSA) is 61.7 Å². The lowest BCUT2D eigenvalue weighted by atomic mass is 10.0. The Labute approximate surface area is 140 Å². The van der Waals surface area contributed by atoms with Crippen LogP contribution in [-0.2, 0) is 11.2 Å². The highest BCUT2D eigenvalue weighted by molar-refractivity contribution is 5.91. The van der Waals surface area contributed by atoms with E-state index in [0.29, 0.717) is 5.56 Å². The summed E-state index contributed by atoms with van der Waals surface area (Å²) in [5, 5.41) is 15.9. The summed E-state index contributed by atoms with van der Waals surface area (Å²) < 4.78 is 0. The first-order valence-corrected chi connectivity index (χ1v) is 7.71. The van der Waals surface area contributed by atoms with Crippen LogP contribution in [0.3, 0.4) is 0 Å². The second-order valence-corrected chi connectivity index (χ2v) is 5.67. The SMILES string of the molecule is Cc1ccc(/C=N/NC(=O)Cc2cccc3ccccc23)c(O)c1. The number of hydrogen-bond donors (Lipinski definition) is 2. The summed E-state index contributed by atoms with van der Waals surface area (Å²) in [6, 6.07) is 19.2. The average molecular weight is 318 g/mol. The number of aromatic hydroxyl groups is 1. The molecule has 3 rings (SSSR count). The Morgan fingerprint density at radius 2 is 1.92 bits per heavy atom. The molecule has 0 radical (unpaired) electrons. The highest BCUT2D eigenvalue weighted by Gasteiger charge is 2.06. The average Bonchev–Trinajstić information content (AvgIpc) is 2.57. The number of hydrogen-bond acceptors (Lipinski definition) is 3. The van der Waals surface area contributed by atoms with Crippen LogP contribution in [0.2, 0.25) is 0 Å². The molecule has 4 nitrogen and oxygen atoms in total. The second-order valence-electron chi connectivity index (χ2n) is 5.67. The van der Waals surface area contributed by atoms with Crippen molar-refractivity contribution in [1.29, 1.82) is 0 Å². The number of phenolic OH excluding ortho intramolecular Hbond substituents is 1. The summed E-state index contributed by atoms with van der Waals surface area (Å²) in [5.74, 6) is -0.0590. The first-order chi connectivity index (χ1) is 11.6. The Morgan fingerprint density at radius 1 is 1.12 bits per heavy atom. The van der Waals surface area contributed by atoms with Crippen LogP contribution < -0.4 is 5.43 Å². The third-order valence-electron chi connectivity index (χ3n) is 3.81. The van der Waals surface area contributed by atoms with Gasteiger partial charge in [0.1, 0.15) is 5.75 Å². The van der Waals surface area contributed by atoms with Crippen LogP contribution in [0.25, 0.3) is 10.8 Å². The number of hydrazone groups is 1. The molecule has 4 heteroatoms. The molecule has 0 spiro atoms. The van der Waals surface area contributed by atoms with Crippen molar-refractivity contribution in [2.75, 3.05) is 0 Å². The van der Waals surface area contributed by atoms with E-state index >= 15 is 0 Å². The fourth-order valence-corrected chi connectivity index (χ4v) is 2.60. The van der Waals surface area contributed by atoms with Gasteiger partial charge in [-0.05, 0) is 41.0 Å². The molecule has 0 fully saturated rings. The third kappa shape index (κ3) is 3.60. The fourth-order valence-electron chi connectivity index (χ4n) is 2.60. The number of aryl methyl sites for hydroxylation is 1. The minimum atomic E-state index is -0.200. The molecule has 0 aliphatic heterocycles. The van der Waals surface area contributed by atoms with E-state index in [-0.39, 0.29) is 18.1 Å². The molecule has 0 bridgehead atoms. The van der Waals surface area contributed by atoms with Crippen molar-refractivity contribution in [2.45, 2.75) is 13.3 Å². The Hall–Kier alpha value is -3.14. The number of carbonyl (C=O) groups excluding carboxylic acids is 1. The molecule has 3 aromatic carbocycles. The molecule has 0 heterocycles. The standard InChI is InChI=1S/C20H18N2O2/c1-14-9-10-17(19(23)11-14)13-21-22-20(24)12-16-7-4-6-15-5-2-3-8-18(15)16/h2-11,13,23H,12H2,1H3,(H,22,24)/b21-13+. The highest BCUT2D eigenvalue weighted by atomic mass is 16.3. The summed E-state index contributed by atoms with van der Waals surface area (Å²) in [4.78, 5) is 12.1. The summed E-state index contributed by atoms with van der Waals surface area (Å²) in [6.07, 6.45) is 1.69. The van der Waals surface area contributed by atoms with Gasteiger partial charge in [0.05, 0.1) is 12.6 Å². The van der Waals surface area contributed by atoms with Crippen LogP contribution in [0.5, 0.6) is 5.75 Å². The van der Waals surface area contributed by atoms with E-state index in [1.807, 2.05) is 55.5 Å². The van der Waals surface area contributed by atoms with Crippen LogP contribution in [0.1, 0.15) is 16.7 Å². The molecular formula is C20H18N2O2. The molecule has 1 amide bonds. The summed E-state index contributed by atoms with van der Waals surface area (Å²) >= 11 is 0. The molecule has 0 aliphatic rings. The maximum Gasteiger partial charge on any atom is 0.244 e. The molecule has 0 saturated carbocycles. The maximum atomic E-state index is 12.1. The molecule has 120 valence electrons. The van der Waals surface area contributed by atoms with E-state index in [1.165, 1.54) is 6.21 Å². The monoisotopic (exact) mass is 318 g/mol. The number of amides is 1. The zero-order valence-corrected chi connectivity index (χ0v) is 13.4. The number of rotatable bonds is 4. The lowest BCUT2D eigenvalue weighted by Gasteiger charge is -2.05. The normalized spacial score (nSPS) is 11.0. The molecule has 0 aromatic heterocycles. The zero-order valence-electron chi connectivity index (χ0n) is 13.4. The molecule has 2 N–H and O–H groups in total. The largest absolute Gasteiger partial charge is 0.507 e. The van der Waals surface area contributed by atoms with Gasteiger partial charge in [-0.25, -0.2) is 5.43 Å². The number of fused-ring (bicyclic) bond motifs is 1. The zero-order chi connectivity index (χ0) is 16.9. The van der Waals surface area contributed by atoms with E-state index in [1.54, 1.807) is 12.1 Å². The van der Waals surface area contributed by atoms with Crippen molar-refractivity contribution in [3.8, 4) is 5.75 Å². The number of nitrogens with one attached hydrogen (secondary N) is 1. The van der Waals surface area contributed by atoms with Gasteiger partial charge >= 0.3 is 0 Å². The van der Waals surface area contributed by atoms with Crippen molar-refractivity contribution in [2.24, 2.45) is 5.10 Å². The maximum absolute atomic E-state index is 12.1. The predicted molar refractivity (Wildman–Crippen MR) is 96.2 cm³/mol. The fraction of sp³-hybridized carbons (Fsp3) is 0.100. The van der Waals surface area contributed by atoms with Gasteiger partial charge in [-0.15, -0.1) is 0 Å². The van der Waals surface area contributed by atoms with Crippen LogP contribution >= 0.6 is 0 Å². The Bertz CT molecular complexity index is 911. The summed E-state index contributed by atoms with van der Waals surface area (Å²) in [6.45, 7) is 1.90. The second kappa shape index (κ2) is 6.96. The van der Waals surface area contributed by atoms with Crippen LogP contribution in [0.4, 0.5) is 0 Å². The quantitative estimate of drug-likeness (QED) is 0.571. The number of nitrogens with zero attached hydrogens (tertiary/aromatic N) is 1. The van der Waals surface area contributed by atoms with Crippen molar-refractivity contribution in [1.82, 2.24) is 5.43 Å². The van der Waals surface area contributed by atoms with E-state index in [4.69, 9.17) is 0 Å². The van der Waals surface area contributed by atoms with Gasteiger partial charge in [0.15, 0.2) is 0 Å². The van der Waals surface area contributed by atoms with Crippen molar-refractivity contribution < 1.29 is 9.90 Å². The van der Waals surface area contributed by atoms with Crippen molar-refractivity contribution in [3.63, 3.8) is 0 Å². The predicted octanol–water partition coefficient (Wildman–Crippen LogP) is 3.55. The first kappa shape index (κ1) is 15.7. The molecule has 0 saturated heterocycles. The molecule has 24 heavy (non-hydrogen) atoms. The van der Waals surface area contributed by atoms with Gasteiger partial charge in [0.2, 0.25) is 5.91 Å². The Morgan fingerprint density at radius 3 is 2.75 bits per heavy atom.